The number of ether oxygens (including phenoxy) is 1. The predicted octanol–water partition coefficient (Wildman–Crippen LogP) is -0.0483. The zero-order valence-electron chi connectivity index (χ0n) is 12.5. The van der Waals surface area contributed by atoms with Gasteiger partial charge in [-0.05, 0) is 19.2 Å². The number of likely N-dealkylation sites (N-methyl/N-ethyl adjacent to an activating group) is 1. The minimum absolute atomic E-state index is 0.0237. The van der Waals surface area contributed by atoms with E-state index in [0.29, 0.717) is 38.5 Å². The molecular weight excluding hydrogens is 294 g/mol. The quantitative estimate of drug-likeness (QED) is 0.711. The molecule has 0 amide bonds. The molecule has 0 bridgehead atoms. The van der Waals surface area contributed by atoms with E-state index in [1.54, 1.807) is 13.2 Å². The Kier molecular flexibility index (Phi) is 5.77. The van der Waals surface area contributed by atoms with E-state index in [9.17, 15) is 8.42 Å². The fourth-order valence-electron chi connectivity index (χ4n) is 2.13. The van der Waals surface area contributed by atoms with Gasteiger partial charge in [0.05, 0.1) is 13.2 Å². The molecule has 0 spiro atoms. The van der Waals surface area contributed by atoms with E-state index in [1.807, 2.05) is 7.05 Å². The molecule has 1 aromatic rings. The van der Waals surface area contributed by atoms with Crippen LogP contribution >= 0.6 is 0 Å². The topological polar surface area (TPSA) is 75.0 Å². The lowest BCUT2D eigenvalue weighted by molar-refractivity contribution is 0.198. The molecule has 1 saturated heterocycles. The van der Waals surface area contributed by atoms with Crippen molar-refractivity contribution in [1.82, 2.24) is 14.5 Å². The molecular formula is C13H23N3O4S. The first-order chi connectivity index (χ1) is 10.0. The van der Waals surface area contributed by atoms with E-state index in [4.69, 9.17) is 9.15 Å². The summed E-state index contributed by atoms with van der Waals surface area (Å²) in [6.07, 6.45) is 0. The Morgan fingerprint density at radius 2 is 2.00 bits per heavy atom. The van der Waals surface area contributed by atoms with Gasteiger partial charge in [-0.25, -0.2) is 8.42 Å². The number of hydrogen-bond donors (Lipinski definition) is 1. The van der Waals surface area contributed by atoms with Crippen molar-refractivity contribution in [1.29, 1.82) is 0 Å². The lowest BCUT2D eigenvalue weighted by Gasteiger charge is -2.30. The largest absolute Gasteiger partial charge is 0.447 e. The third-order valence-electron chi connectivity index (χ3n) is 3.48. The molecule has 0 unspecified atom stereocenters. The second-order valence-electron chi connectivity index (χ2n) is 5.10. The maximum Gasteiger partial charge on any atom is 0.276 e. The SMILES string of the molecule is COCCNCc1ccc(S(=O)(=O)N2CCN(C)CC2)o1. The number of nitrogens with one attached hydrogen (secondary N) is 1. The van der Waals surface area contributed by atoms with Gasteiger partial charge in [-0.2, -0.15) is 4.31 Å². The van der Waals surface area contributed by atoms with Crippen LogP contribution in [0.1, 0.15) is 5.76 Å². The molecule has 1 fully saturated rings. The molecule has 0 aromatic carbocycles. The van der Waals surface area contributed by atoms with Crippen LogP contribution in [-0.4, -0.2) is 71.1 Å². The molecule has 120 valence electrons. The Morgan fingerprint density at radius 3 is 2.67 bits per heavy atom. The van der Waals surface area contributed by atoms with Gasteiger partial charge in [-0.3, -0.25) is 0 Å². The summed E-state index contributed by atoms with van der Waals surface area (Å²) in [6, 6.07) is 3.23. The minimum Gasteiger partial charge on any atom is -0.447 e. The highest BCUT2D eigenvalue weighted by atomic mass is 32.2. The van der Waals surface area contributed by atoms with E-state index in [0.717, 1.165) is 13.1 Å². The monoisotopic (exact) mass is 317 g/mol. The smallest absolute Gasteiger partial charge is 0.276 e. The Balaban J connectivity index is 1.96. The first-order valence-corrected chi connectivity index (χ1v) is 8.45. The van der Waals surface area contributed by atoms with Crippen LogP contribution in [0, 0.1) is 0 Å². The molecule has 1 aliphatic rings. The zero-order chi connectivity index (χ0) is 15.3. The summed E-state index contributed by atoms with van der Waals surface area (Å²) in [7, 11) is 0.109. The fraction of sp³-hybridized carbons (Fsp3) is 0.692. The standard InChI is InChI=1S/C13H23N3O4S/c1-15-6-8-16(9-7-15)21(17,18)13-4-3-12(20-13)11-14-5-10-19-2/h3-4,14H,5-11H2,1-2H3. The molecule has 0 radical (unpaired) electrons. The zero-order valence-corrected chi connectivity index (χ0v) is 13.4. The van der Waals surface area contributed by atoms with E-state index >= 15 is 0 Å². The maximum atomic E-state index is 12.5. The summed E-state index contributed by atoms with van der Waals surface area (Å²) in [5.41, 5.74) is 0. The Bertz CT molecular complexity index is 535. The van der Waals surface area contributed by atoms with Crippen molar-refractivity contribution in [2.24, 2.45) is 0 Å². The number of hydrogen-bond acceptors (Lipinski definition) is 6. The van der Waals surface area contributed by atoms with Crippen molar-refractivity contribution < 1.29 is 17.6 Å². The first-order valence-electron chi connectivity index (χ1n) is 7.01. The summed E-state index contributed by atoms with van der Waals surface area (Å²) >= 11 is 0. The van der Waals surface area contributed by atoms with Crippen LogP contribution in [0.2, 0.25) is 0 Å². The number of rotatable bonds is 7. The molecule has 1 N–H and O–H groups in total. The van der Waals surface area contributed by atoms with Crippen molar-refractivity contribution in [3.05, 3.63) is 17.9 Å². The fourth-order valence-corrected chi connectivity index (χ4v) is 3.48. The van der Waals surface area contributed by atoms with E-state index in [2.05, 4.69) is 10.2 Å². The number of nitrogens with zero attached hydrogens (tertiary/aromatic N) is 2. The third kappa shape index (κ3) is 4.27. The van der Waals surface area contributed by atoms with Gasteiger partial charge >= 0.3 is 0 Å². The Labute approximate surface area is 125 Å². The van der Waals surface area contributed by atoms with Gasteiger partial charge in [0.2, 0.25) is 5.09 Å². The Hall–Kier alpha value is -0.930. The summed E-state index contributed by atoms with van der Waals surface area (Å²) in [5, 5.41) is 3.14. The molecule has 1 aliphatic heterocycles. The number of sulfonamides is 1. The average Bonchev–Trinajstić information content (AvgIpc) is 2.94. The normalized spacial score (nSPS) is 18.2. The molecule has 7 nitrogen and oxygen atoms in total. The summed E-state index contributed by atoms with van der Waals surface area (Å²) in [5.74, 6) is 0.610. The molecule has 0 atom stereocenters. The van der Waals surface area contributed by atoms with Crippen LogP contribution < -0.4 is 5.32 Å². The Morgan fingerprint density at radius 1 is 1.29 bits per heavy atom. The molecule has 1 aromatic heterocycles. The highest BCUT2D eigenvalue weighted by Gasteiger charge is 2.29. The molecule has 0 saturated carbocycles. The molecule has 8 heteroatoms. The van der Waals surface area contributed by atoms with E-state index in [1.165, 1.54) is 10.4 Å². The summed E-state index contributed by atoms with van der Waals surface area (Å²) < 4.78 is 36.8. The second kappa shape index (κ2) is 7.37. The van der Waals surface area contributed by atoms with Gasteiger partial charge in [0.25, 0.3) is 10.0 Å². The molecule has 21 heavy (non-hydrogen) atoms. The van der Waals surface area contributed by atoms with Gasteiger partial charge in [0.1, 0.15) is 5.76 Å². The first kappa shape index (κ1) is 16.4. The summed E-state index contributed by atoms with van der Waals surface area (Å²) in [6.45, 7) is 4.27. The highest BCUT2D eigenvalue weighted by molar-refractivity contribution is 7.89. The lowest BCUT2D eigenvalue weighted by atomic mass is 10.4. The molecule has 2 heterocycles. The van der Waals surface area contributed by atoms with Crippen molar-refractivity contribution in [2.75, 3.05) is 53.5 Å². The van der Waals surface area contributed by atoms with E-state index in [-0.39, 0.29) is 5.09 Å². The lowest BCUT2D eigenvalue weighted by Crippen LogP contribution is -2.46. The molecule has 0 aliphatic carbocycles. The third-order valence-corrected chi connectivity index (χ3v) is 5.25. The number of methoxy groups -OCH3 is 1. The second-order valence-corrected chi connectivity index (χ2v) is 6.97. The highest BCUT2D eigenvalue weighted by Crippen LogP contribution is 2.20. The minimum atomic E-state index is -3.51. The van der Waals surface area contributed by atoms with Crippen LogP contribution in [0.25, 0.3) is 0 Å². The molecule has 2 rings (SSSR count). The van der Waals surface area contributed by atoms with Crippen LogP contribution in [0.5, 0.6) is 0 Å². The van der Waals surface area contributed by atoms with Crippen molar-refractivity contribution in [3.8, 4) is 0 Å². The van der Waals surface area contributed by atoms with Crippen LogP contribution in [0.3, 0.4) is 0 Å². The van der Waals surface area contributed by atoms with Gasteiger partial charge < -0.3 is 19.4 Å². The van der Waals surface area contributed by atoms with Crippen LogP contribution in [-0.2, 0) is 21.3 Å². The van der Waals surface area contributed by atoms with Gasteiger partial charge in [0, 0.05) is 39.8 Å². The average molecular weight is 317 g/mol. The van der Waals surface area contributed by atoms with Crippen molar-refractivity contribution in [2.45, 2.75) is 11.6 Å². The van der Waals surface area contributed by atoms with Crippen LogP contribution in [0.15, 0.2) is 21.6 Å². The van der Waals surface area contributed by atoms with Gasteiger partial charge in [-0.1, -0.05) is 0 Å². The van der Waals surface area contributed by atoms with Gasteiger partial charge in [-0.15, -0.1) is 0 Å². The predicted molar refractivity (Wildman–Crippen MR) is 78.5 cm³/mol. The van der Waals surface area contributed by atoms with Crippen molar-refractivity contribution in [3.63, 3.8) is 0 Å². The summed E-state index contributed by atoms with van der Waals surface area (Å²) in [4.78, 5) is 2.11. The van der Waals surface area contributed by atoms with Crippen molar-refractivity contribution >= 4 is 10.0 Å². The number of furan rings is 1. The number of piperazine rings is 1. The maximum absolute atomic E-state index is 12.5. The van der Waals surface area contributed by atoms with Crippen LogP contribution in [0.4, 0.5) is 0 Å². The van der Waals surface area contributed by atoms with E-state index < -0.39 is 10.0 Å². The van der Waals surface area contributed by atoms with Gasteiger partial charge in [0.15, 0.2) is 0 Å².